The summed E-state index contributed by atoms with van der Waals surface area (Å²) < 4.78 is 32.2. The van der Waals surface area contributed by atoms with E-state index in [9.17, 15) is 8.42 Å². The predicted octanol–water partition coefficient (Wildman–Crippen LogP) is 4.07. The summed E-state index contributed by atoms with van der Waals surface area (Å²) in [5, 5.41) is 9.14. The van der Waals surface area contributed by atoms with E-state index >= 15 is 0 Å². The molecule has 8 nitrogen and oxygen atoms in total. The second-order valence-electron chi connectivity index (χ2n) is 7.62. The van der Waals surface area contributed by atoms with Crippen LogP contribution in [-0.4, -0.2) is 29.6 Å². The molecule has 0 unspecified atom stereocenters. The van der Waals surface area contributed by atoms with E-state index in [2.05, 4.69) is 19.7 Å². The van der Waals surface area contributed by atoms with E-state index in [4.69, 9.17) is 10.00 Å². The van der Waals surface area contributed by atoms with E-state index in [0.717, 1.165) is 30.4 Å². The Bertz CT molecular complexity index is 1310. The van der Waals surface area contributed by atoms with Crippen LogP contribution in [0.5, 0.6) is 11.6 Å². The van der Waals surface area contributed by atoms with E-state index in [-0.39, 0.29) is 11.6 Å². The number of nitrogens with one attached hydrogen (secondary N) is 1. The smallest absolute Gasteiger partial charge is 0.244 e. The molecule has 1 aliphatic rings. The summed E-state index contributed by atoms with van der Waals surface area (Å²) in [6, 6.07) is 8.90. The van der Waals surface area contributed by atoms with Crippen LogP contribution in [0.4, 0.5) is 5.69 Å². The summed E-state index contributed by atoms with van der Waals surface area (Å²) in [7, 11) is -3.55. The van der Waals surface area contributed by atoms with Gasteiger partial charge in [0.1, 0.15) is 11.8 Å². The molecule has 1 saturated carbocycles. The number of anilines is 1. The Balaban J connectivity index is 1.78. The second kappa shape index (κ2) is 7.96. The fraction of sp³-hybridized carbons (Fsp3) is 0.273. The van der Waals surface area contributed by atoms with Crippen molar-refractivity contribution in [2.24, 2.45) is 0 Å². The molecule has 9 heteroatoms. The van der Waals surface area contributed by atoms with Crippen molar-refractivity contribution in [2.45, 2.75) is 32.6 Å². The average Bonchev–Trinajstić information content (AvgIpc) is 3.55. The van der Waals surface area contributed by atoms with Crippen molar-refractivity contribution in [3.8, 4) is 29.0 Å². The number of ether oxygens (including phenoxy) is 1. The Morgan fingerprint density at radius 1 is 1.13 bits per heavy atom. The fourth-order valence-electron chi connectivity index (χ4n) is 3.33. The molecule has 1 N–H and O–H groups in total. The van der Waals surface area contributed by atoms with Crippen molar-refractivity contribution >= 4 is 15.7 Å². The maximum atomic E-state index is 11.9. The van der Waals surface area contributed by atoms with Gasteiger partial charge in [0.05, 0.1) is 23.2 Å². The van der Waals surface area contributed by atoms with Crippen molar-refractivity contribution in [2.75, 3.05) is 11.0 Å². The van der Waals surface area contributed by atoms with Gasteiger partial charge in [-0.05, 0) is 62.4 Å². The summed E-state index contributed by atoms with van der Waals surface area (Å²) in [5.41, 5.74) is 4.53. The van der Waals surface area contributed by atoms with Gasteiger partial charge in [-0.3, -0.25) is 14.7 Å². The van der Waals surface area contributed by atoms with E-state index in [1.54, 1.807) is 24.4 Å². The first kappa shape index (κ1) is 20.8. The molecule has 0 atom stereocenters. The summed E-state index contributed by atoms with van der Waals surface area (Å²) in [4.78, 5) is 13.2. The second-order valence-corrected chi connectivity index (χ2v) is 9.37. The molecule has 0 saturated heterocycles. The third-order valence-corrected chi connectivity index (χ3v) is 5.53. The van der Waals surface area contributed by atoms with Gasteiger partial charge in [0.2, 0.25) is 15.9 Å². The van der Waals surface area contributed by atoms with E-state index in [1.807, 2.05) is 26.0 Å². The Morgan fingerprint density at radius 2 is 1.90 bits per heavy atom. The highest BCUT2D eigenvalue weighted by Gasteiger charge is 2.27. The minimum absolute atomic E-state index is 0.0979. The Kier molecular flexibility index (Phi) is 5.33. The first-order valence-corrected chi connectivity index (χ1v) is 11.6. The molecule has 0 bridgehead atoms. The van der Waals surface area contributed by atoms with Gasteiger partial charge in [-0.25, -0.2) is 13.4 Å². The van der Waals surface area contributed by atoms with E-state index in [1.165, 1.54) is 6.20 Å². The zero-order chi connectivity index (χ0) is 22.2. The number of hydrogen-bond donors (Lipinski definition) is 1. The zero-order valence-corrected chi connectivity index (χ0v) is 18.2. The first-order valence-electron chi connectivity index (χ1n) is 9.74. The third kappa shape index (κ3) is 4.81. The molecule has 1 fully saturated rings. The third-order valence-electron chi connectivity index (χ3n) is 4.94. The van der Waals surface area contributed by atoms with Crippen LogP contribution in [0.15, 0.2) is 36.7 Å². The summed E-state index contributed by atoms with van der Waals surface area (Å²) in [6.45, 7) is 3.82. The summed E-state index contributed by atoms with van der Waals surface area (Å²) in [6.07, 6.45) is 6.36. The van der Waals surface area contributed by atoms with Gasteiger partial charge in [-0.2, -0.15) is 5.26 Å². The lowest BCUT2D eigenvalue weighted by Crippen LogP contribution is -2.11. The zero-order valence-electron chi connectivity index (χ0n) is 17.4. The largest absolute Gasteiger partial charge is 0.435 e. The molecule has 0 aromatic carbocycles. The normalized spacial score (nSPS) is 13.5. The topological polar surface area (TPSA) is 118 Å². The molecule has 3 heterocycles. The maximum Gasteiger partial charge on any atom is 0.244 e. The Hall–Kier alpha value is -3.51. The minimum atomic E-state index is -3.55. The number of rotatable bonds is 6. The minimum Gasteiger partial charge on any atom is -0.435 e. The molecule has 0 radical (unpaired) electrons. The first-order chi connectivity index (χ1) is 14.7. The number of hydrogen-bond acceptors (Lipinski definition) is 7. The Labute approximate surface area is 181 Å². The molecular weight excluding hydrogens is 414 g/mol. The van der Waals surface area contributed by atoms with Crippen LogP contribution in [-0.2, 0) is 10.0 Å². The molecule has 0 amide bonds. The van der Waals surface area contributed by atoms with Crippen LogP contribution in [0.1, 0.15) is 41.3 Å². The van der Waals surface area contributed by atoms with Crippen LogP contribution in [0.25, 0.3) is 11.3 Å². The number of nitrogens with zero attached hydrogens (tertiary/aromatic N) is 4. The van der Waals surface area contributed by atoms with Crippen molar-refractivity contribution in [3.05, 3.63) is 59.2 Å². The number of aryl methyl sites for hydroxylation is 2. The van der Waals surface area contributed by atoms with Crippen molar-refractivity contribution in [1.29, 1.82) is 5.26 Å². The molecule has 3 aromatic heterocycles. The SMILES string of the molecule is Cc1nc(C)c(C2CC2)cc1Oc1nc(-c2cncc(C#N)c2)ccc1NS(C)(=O)=O. The van der Waals surface area contributed by atoms with Crippen LogP contribution >= 0.6 is 0 Å². The van der Waals surface area contributed by atoms with Gasteiger partial charge in [0.15, 0.2) is 5.75 Å². The van der Waals surface area contributed by atoms with Crippen LogP contribution in [0, 0.1) is 25.2 Å². The van der Waals surface area contributed by atoms with Crippen LogP contribution < -0.4 is 9.46 Å². The molecule has 0 spiro atoms. The highest BCUT2D eigenvalue weighted by Crippen LogP contribution is 2.43. The summed E-state index contributed by atoms with van der Waals surface area (Å²) >= 11 is 0. The van der Waals surface area contributed by atoms with Gasteiger partial charge in [0.25, 0.3) is 0 Å². The van der Waals surface area contributed by atoms with Crippen LogP contribution in [0.2, 0.25) is 0 Å². The number of sulfonamides is 1. The molecule has 4 rings (SSSR count). The number of nitriles is 1. The molecule has 158 valence electrons. The van der Waals surface area contributed by atoms with Crippen molar-refractivity contribution < 1.29 is 13.2 Å². The fourth-order valence-corrected chi connectivity index (χ4v) is 3.89. The molecular formula is C22H21N5O3S. The van der Waals surface area contributed by atoms with Crippen molar-refractivity contribution in [1.82, 2.24) is 15.0 Å². The lowest BCUT2D eigenvalue weighted by Gasteiger charge is -2.15. The molecule has 3 aromatic rings. The van der Waals surface area contributed by atoms with Gasteiger partial charge in [0, 0.05) is 23.7 Å². The number of pyridine rings is 3. The maximum absolute atomic E-state index is 11.9. The van der Waals surface area contributed by atoms with E-state index in [0.29, 0.717) is 34.2 Å². The van der Waals surface area contributed by atoms with Gasteiger partial charge in [-0.1, -0.05) is 0 Å². The summed E-state index contributed by atoms with van der Waals surface area (Å²) in [5.74, 6) is 1.11. The van der Waals surface area contributed by atoms with Gasteiger partial charge >= 0.3 is 0 Å². The lowest BCUT2D eigenvalue weighted by atomic mass is 10.1. The number of aromatic nitrogens is 3. The van der Waals surface area contributed by atoms with Crippen molar-refractivity contribution in [3.63, 3.8) is 0 Å². The molecule has 0 aliphatic heterocycles. The molecule has 1 aliphatic carbocycles. The average molecular weight is 436 g/mol. The standard InChI is InChI=1S/C22H21N5O3S/c1-13-18(16-4-5-16)9-21(14(2)25-13)30-22-20(27-31(3,28)29)7-6-19(26-22)17-8-15(10-23)11-24-12-17/h6-9,11-12,16,27H,4-5H2,1-3H3. The highest BCUT2D eigenvalue weighted by molar-refractivity contribution is 7.92. The van der Waals surface area contributed by atoms with E-state index < -0.39 is 10.0 Å². The predicted molar refractivity (Wildman–Crippen MR) is 116 cm³/mol. The quantitative estimate of drug-likeness (QED) is 0.620. The monoisotopic (exact) mass is 435 g/mol. The lowest BCUT2D eigenvalue weighted by molar-refractivity contribution is 0.458. The highest BCUT2D eigenvalue weighted by atomic mass is 32.2. The molecule has 31 heavy (non-hydrogen) atoms. The Morgan fingerprint density at radius 3 is 2.58 bits per heavy atom. The van der Waals surface area contributed by atoms with Gasteiger partial charge < -0.3 is 4.74 Å². The van der Waals surface area contributed by atoms with Gasteiger partial charge in [-0.15, -0.1) is 0 Å². The van der Waals surface area contributed by atoms with Crippen LogP contribution in [0.3, 0.4) is 0 Å².